The van der Waals surface area contributed by atoms with Crippen molar-refractivity contribution in [2.24, 2.45) is 0 Å². The minimum absolute atomic E-state index is 0.0424. The number of carbonyl (C=O) groups is 1. The lowest BCUT2D eigenvalue weighted by atomic mass is 9.88. The van der Waals surface area contributed by atoms with E-state index >= 15 is 0 Å². The van der Waals surface area contributed by atoms with Gasteiger partial charge in [-0.3, -0.25) is 4.79 Å². The lowest BCUT2D eigenvalue weighted by molar-refractivity contribution is -0.00875. The van der Waals surface area contributed by atoms with Crippen LogP contribution in [0, 0.1) is 0 Å². The van der Waals surface area contributed by atoms with Crippen LogP contribution in [0.1, 0.15) is 49.1 Å². The summed E-state index contributed by atoms with van der Waals surface area (Å²) in [5, 5.41) is 1.49. The number of rotatable bonds is 3. The van der Waals surface area contributed by atoms with Gasteiger partial charge in [-0.1, -0.05) is 37.3 Å². The number of methoxy groups -OCH3 is 1. The van der Waals surface area contributed by atoms with Crippen LogP contribution < -0.4 is 0 Å². The molecule has 1 heterocycles. The fourth-order valence-corrected chi connectivity index (χ4v) is 3.35. The van der Waals surface area contributed by atoms with E-state index < -0.39 is 5.60 Å². The molecule has 4 heteroatoms. The zero-order chi connectivity index (χ0) is 14.9. The zero-order valence-corrected chi connectivity index (χ0v) is 12.9. The molecule has 0 spiro atoms. The molecule has 1 aromatic carbocycles. The molecule has 0 atom stereocenters. The molecule has 3 rings (SSSR count). The van der Waals surface area contributed by atoms with Gasteiger partial charge in [0, 0.05) is 17.5 Å². The van der Waals surface area contributed by atoms with E-state index in [0.29, 0.717) is 16.4 Å². The minimum Gasteiger partial charge on any atom is -0.453 e. The molecule has 0 radical (unpaired) electrons. The van der Waals surface area contributed by atoms with Gasteiger partial charge < -0.3 is 9.15 Å². The van der Waals surface area contributed by atoms with Crippen molar-refractivity contribution in [2.45, 2.75) is 44.1 Å². The number of benzene rings is 1. The smallest absolute Gasteiger partial charge is 0.229 e. The molecule has 1 aliphatic carbocycles. The average molecular weight is 307 g/mol. The molecule has 1 saturated carbocycles. The first-order valence-electron chi connectivity index (χ1n) is 7.44. The molecule has 0 amide bonds. The van der Waals surface area contributed by atoms with E-state index in [2.05, 4.69) is 0 Å². The number of hydrogen-bond acceptors (Lipinski definition) is 3. The Bertz CT molecular complexity index is 651. The van der Waals surface area contributed by atoms with E-state index in [9.17, 15) is 4.79 Å². The molecule has 21 heavy (non-hydrogen) atoms. The highest BCUT2D eigenvalue weighted by Gasteiger charge is 2.40. The molecular weight excluding hydrogens is 288 g/mol. The molecule has 1 aliphatic rings. The maximum Gasteiger partial charge on any atom is 0.229 e. The summed E-state index contributed by atoms with van der Waals surface area (Å²) < 4.78 is 11.4. The Morgan fingerprint density at radius 1 is 1.19 bits per heavy atom. The van der Waals surface area contributed by atoms with Gasteiger partial charge in [-0.15, -0.1) is 0 Å². The van der Waals surface area contributed by atoms with Gasteiger partial charge in [0.15, 0.2) is 5.76 Å². The third-order valence-corrected chi connectivity index (χ3v) is 4.65. The second kappa shape index (κ2) is 5.82. The molecule has 112 valence electrons. The van der Waals surface area contributed by atoms with Crippen molar-refractivity contribution in [1.82, 2.24) is 0 Å². The first-order valence-corrected chi connectivity index (χ1v) is 7.81. The Hall–Kier alpha value is -1.32. The molecule has 0 saturated heterocycles. The van der Waals surface area contributed by atoms with Gasteiger partial charge in [0.25, 0.3) is 0 Å². The van der Waals surface area contributed by atoms with Gasteiger partial charge in [0.2, 0.25) is 5.78 Å². The Morgan fingerprint density at radius 2 is 1.90 bits per heavy atom. The Labute approximate surface area is 129 Å². The molecular formula is C17H19ClO3. The number of hydrogen-bond donors (Lipinski definition) is 0. The maximum atomic E-state index is 12.9. The zero-order valence-electron chi connectivity index (χ0n) is 12.2. The van der Waals surface area contributed by atoms with Crippen molar-refractivity contribution in [2.75, 3.05) is 7.11 Å². The van der Waals surface area contributed by atoms with Crippen LogP contribution in [0.4, 0.5) is 0 Å². The minimum atomic E-state index is -0.728. The number of halogens is 1. The van der Waals surface area contributed by atoms with Crippen LogP contribution in [0.15, 0.2) is 28.7 Å². The summed E-state index contributed by atoms with van der Waals surface area (Å²) in [7, 11) is 1.63. The van der Waals surface area contributed by atoms with Crippen molar-refractivity contribution in [3.05, 3.63) is 35.0 Å². The molecule has 2 aromatic rings. The maximum absolute atomic E-state index is 12.9. The van der Waals surface area contributed by atoms with Gasteiger partial charge >= 0.3 is 0 Å². The highest BCUT2D eigenvalue weighted by atomic mass is 35.5. The van der Waals surface area contributed by atoms with Gasteiger partial charge in [-0.2, -0.15) is 0 Å². The van der Waals surface area contributed by atoms with Gasteiger partial charge in [-0.05, 0) is 37.1 Å². The Morgan fingerprint density at radius 3 is 2.57 bits per heavy atom. The van der Waals surface area contributed by atoms with E-state index in [0.717, 1.165) is 43.9 Å². The summed E-state index contributed by atoms with van der Waals surface area (Å²) in [5.41, 5.74) is -0.0450. The third kappa shape index (κ3) is 2.72. The first kappa shape index (κ1) is 14.6. The molecule has 0 N–H and O–H groups in total. The second-order valence-corrected chi connectivity index (χ2v) is 6.17. The molecule has 1 aromatic heterocycles. The van der Waals surface area contributed by atoms with Gasteiger partial charge in [0.1, 0.15) is 11.2 Å². The number of fused-ring (bicyclic) bond motifs is 1. The van der Waals surface area contributed by atoms with Crippen LogP contribution in [0.2, 0.25) is 5.02 Å². The topological polar surface area (TPSA) is 39.4 Å². The molecule has 1 fully saturated rings. The van der Waals surface area contributed by atoms with Crippen molar-refractivity contribution >= 4 is 28.4 Å². The number of carbonyl (C=O) groups excluding carboxylic acids is 1. The van der Waals surface area contributed by atoms with Crippen LogP contribution in [0.5, 0.6) is 0 Å². The van der Waals surface area contributed by atoms with Crippen LogP contribution in [-0.2, 0) is 4.74 Å². The molecule has 0 aliphatic heterocycles. The van der Waals surface area contributed by atoms with Crippen molar-refractivity contribution in [3.63, 3.8) is 0 Å². The fourth-order valence-electron chi connectivity index (χ4n) is 3.17. The van der Waals surface area contributed by atoms with E-state index in [-0.39, 0.29) is 5.78 Å². The van der Waals surface area contributed by atoms with Gasteiger partial charge in [-0.25, -0.2) is 0 Å². The predicted molar refractivity (Wildman–Crippen MR) is 83.0 cm³/mol. The van der Waals surface area contributed by atoms with Crippen LogP contribution in [0.3, 0.4) is 0 Å². The third-order valence-electron chi connectivity index (χ3n) is 4.42. The van der Waals surface area contributed by atoms with Crippen LogP contribution in [-0.4, -0.2) is 18.5 Å². The summed E-state index contributed by atoms with van der Waals surface area (Å²) in [6.07, 6.45) is 5.89. The highest BCUT2D eigenvalue weighted by Crippen LogP contribution is 2.34. The monoisotopic (exact) mass is 306 g/mol. The largest absolute Gasteiger partial charge is 0.453 e. The van der Waals surface area contributed by atoms with E-state index in [1.165, 1.54) is 0 Å². The Balaban J connectivity index is 1.97. The quantitative estimate of drug-likeness (QED) is 0.591. The number of ketones is 1. The Kier molecular flexibility index (Phi) is 4.05. The molecule has 0 bridgehead atoms. The molecule has 3 nitrogen and oxygen atoms in total. The first-order chi connectivity index (χ1) is 10.1. The van der Waals surface area contributed by atoms with E-state index in [1.807, 2.05) is 6.07 Å². The van der Waals surface area contributed by atoms with E-state index in [1.54, 1.807) is 25.3 Å². The van der Waals surface area contributed by atoms with Crippen molar-refractivity contribution in [3.8, 4) is 0 Å². The normalized spacial score (nSPS) is 18.6. The number of furan rings is 1. The van der Waals surface area contributed by atoms with Crippen LogP contribution in [0.25, 0.3) is 11.0 Å². The SMILES string of the molecule is COC1(C(=O)c2cc3cc(Cl)ccc3o2)CCCCCC1. The lowest BCUT2D eigenvalue weighted by Crippen LogP contribution is -2.40. The summed E-state index contributed by atoms with van der Waals surface area (Å²) in [5.74, 6) is 0.329. The van der Waals surface area contributed by atoms with E-state index in [4.69, 9.17) is 20.8 Å². The van der Waals surface area contributed by atoms with Crippen LogP contribution >= 0.6 is 11.6 Å². The second-order valence-electron chi connectivity index (χ2n) is 5.73. The lowest BCUT2D eigenvalue weighted by Gasteiger charge is -2.28. The summed E-state index contributed by atoms with van der Waals surface area (Å²) in [6.45, 7) is 0. The van der Waals surface area contributed by atoms with Gasteiger partial charge in [0.05, 0.1) is 0 Å². The van der Waals surface area contributed by atoms with Crippen molar-refractivity contribution in [1.29, 1.82) is 0 Å². The fraction of sp³-hybridized carbons (Fsp3) is 0.471. The predicted octanol–water partition coefficient (Wildman–Crippen LogP) is 5.01. The number of Topliss-reactive ketones (excluding diaryl/α,β-unsaturated/α-hetero) is 1. The summed E-state index contributed by atoms with van der Waals surface area (Å²) in [6, 6.07) is 7.14. The summed E-state index contributed by atoms with van der Waals surface area (Å²) in [4.78, 5) is 12.9. The average Bonchev–Trinajstić information content (AvgIpc) is 2.75. The molecule has 0 unspecified atom stereocenters. The standard InChI is InChI=1S/C17H19ClO3/c1-20-17(8-4-2-3-5-9-17)16(19)15-11-12-10-13(18)6-7-14(12)21-15/h6-7,10-11H,2-5,8-9H2,1H3. The number of ether oxygens (including phenoxy) is 1. The van der Waals surface area contributed by atoms with Crippen molar-refractivity contribution < 1.29 is 13.9 Å². The summed E-state index contributed by atoms with van der Waals surface area (Å²) >= 11 is 5.98. The highest BCUT2D eigenvalue weighted by molar-refractivity contribution is 6.31.